The lowest BCUT2D eigenvalue weighted by molar-refractivity contribution is 1.06. The van der Waals surface area contributed by atoms with Crippen LogP contribution in [0.25, 0.3) is 34.3 Å². The second-order valence-corrected chi connectivity index (χ2v) is 6.31. The molecule has 5 heteroatoms. The molecule has 0 saturated carbocycles. The van der Waals surface area contributed by atoms with Crippen molar-refractivity contribution in [3.8, 4) is 34.3 Å². The van der Waals surface area contributed by atoms with Gasteiger partial charge in [-0.15, -0.1) is 0 Å². The normalized spacial score (nSPS) is 10.6. The largest absolute Gasteiger partial charge is 0.253 e. The van der Waals surface area contributed by atoms with E-state index in [2.05, 4.69) is 35.9 Å². The van der Waals surface area contributed by atoms with E-state index < -0.39 is 0 Å². The van der Waals surface area contributed by atoms with Gasteiger partial charge in [0.15, 0.2) is 17.5 Å². The van der Waals surface area contributed by atoms with E-state index in [0.29, 0.717) is 23.2 Å². The van der Waals surface area contributed by atoms with Crippen molar-refractivity contribution < 1.29 is 0 Å². The van der Waals surface area contributed by atoms with Crippen molar-refractivity contribution in [3.05, 3.63) is 83.5 Å². The lowest BCUT2D eigenvalue weighted by Gasteiger charge is -2.07. The molecule has 0 amide bonds. The Balaban J connectivity index is 1.92. The second-order valence-electron chi connectivity index (χ2n) is 5.40. The summed E-state index contributed by atoms with van der Waals surface area (Å²) < 4.78 is 0.931. The summed E-state index contributed by atoms with van der Waals surface area (Å²) in [5.41, 5.74) is 2.59. The molecule has 0 aliphatic heterocycles. The van der Waals surface area contributed by atoms with Crippen molar-refractivity contribution >= 4 is 15.9 Å². The van der Waals surface area contributed by atoms with Crippen LogP contribution in [0.1, 0.15) is 0 Å². The van der Waals surface area contributed by atoms with Crippen molar-refractivity contribution in [2.24, 2.45) is 0 Å². The SMILES string of the molecule is Brc1ccnc(-c2nc(-c3ccccc3)nc(-c3ccccc3)n2)c1. The van der Waals surface area contributed by atoms with Gasteiger partial charge in [-0.25, -0.2) is 15.0 Å². The van der Waals surface area contributed by atoms with E-state index in [-0.39, 0.29) is 0 Å². The summed E-state index contributed by atoms with van der Waals surface area (Å²) in [7, 11) is 0. The molecule has 0 bridgehead atoms. The third-order valence-electron chi connectivity index (χ3n) is 3.65. The van der Waals surface area contributed by atoms with Gasteiger partial charge in [0.05, 0.1) is 0 Å². The molecule has 4 rings (SSSR count). The minimum atomic E-state index is 0.550. The highest BCUT2D eigenvalue weighted by molar-refractivity contribution is 9.10. The molecule has 0 saturated heterocycles. The summed E-state index contributed by atoms with van der Waals surface area (Å²) in [6, 6.07) is 23.6. The molecule has 0 spiro atoms. The fourth-order valence-corrected chi connectivity index (χ4v) is 2.79. The average Bonchev–Trinajstić information content (AvgIpc) is 2.69. The number of hydrogen-bond acceptors (Lipinski definition) is 4. The van der Waals surface area contributed by atoms with Crippen molar-refractivity contribution in [3.63, 3.8) is 0 Å². The summed E-state index contributed by atoms with van der Waals surface area (Å²) >= 11 is 3.48. The van der Waals surface area contributed by atoms with Crippen LogP contribution < -0.4 is 0 Å². The third-order valence-corrected chi connectivity index (χ3v) is 4.14. The summed E-state index contributed by atoms with van der Waals surface area (Å²) in [6.45, 7) is 0. The number of hydrogen-bond donors (Lipinski definition) is 0. The molecule has 0 aliphatic carbocycles. The molecule has 0 unspecified atom stereocenters. The van der Waals surface area contributed by atoms with Gasteiger partial charge in [0.1, 0.15) is 5.69 Å². The number of benzene rings is 2. The van der Waals surface area contributed by atoms with Crippen molar-refractivity contribution in [1.82, 2.24) is 19.9 Å². The molecule has 0 fully saturated rings. The lowest BCUT2D eigenvalue weighted by Crippen LogP contribution is -2.01. The van der Waals surface area contributed by atoms with Gasteiger partial charge >= 0.3 is 0 Å². The number of pyridine rings is 1. The maximum Gasteiger partial charge on any atom is 0.182 e. The molecule has 4 aromatic rings. The van der Waals surface area contributed by atoms with Crippen LogP contribution in [0.4, 0.5) is 0 Å². The van der Waals surface area contributed by atoms with Crippen LogP contribution in [-0.2, 0) is 0 Å². The molecule has 2 aromatic heterocycles. The highest BCUT2D eigenvalue weighted by Crippen LogP contribution is 2.24. The predicted octanol–water partition coefficient (Wildman–Crippen LogP) is 5.03. The third kappa shape index (κ3) is 3.46. The minimum absolute atomic E-state index is 0.550. The minimum Gasteiger partial charge on any atom is -0.253 e. The number of nitrogens with zero attached hydrogens (tertiary/aromatic N) is 4. The maximum absolute atomic E-state index is 4.66. The van der Waals surface area contributed by atoms with Crippen LogP contribution in [-0.4, -0.2) is 19.9 Å². The molecule has 120 valence electrons. The Kier molecular flexibility index (Phi) is 4.31. The Labute approximate surface area is 153 Å². The van der Waals surface area contributed by atoms with Gasteiger partial charge in [-0.1, -0.05) is 76.6 Å². The lowest BCUT2D eigenvalue weighted by atomic mass is 10.2. The van der Waals surface area contributed by atoms with E-state index in [1.807, 2.05) is 72.8 Å². The van der Waals surface area contributed by atoms with Crippen molar-refractivity contribution in [2.75, 3.05) is 0 Å². The Morgan fingerprint density at radius 1 is 0.600 bits per heavy atom. The maximum atomic E-state index is 4.66. The smallest absolute Gasteiger partial charge is 0.182 e. The van der Waals surface area contributed by atoms with Gasteiger partial charge < -0.3 is 0 Å². The van der Waals surface area contributed by atoms with Gasteiger partial charge in [-0.3, -0.25) is 4.98 Å². The predicted molar refractivity (Wildman–Crippen MR) is 102 cm³/mol. The number of halogens is 1. The first-order valence-corrected chi connectivity index (χ1v) is 8.58. The molecule has 0 N–H and O–H groups in total. The van der Waals surface area contributed by atoms with Gasteiger partial charge in [0.25, 0.3) is 0 Å². The summed E-state index contributed by atoms with van der Waals surface area (Å²) in [5.74, 6) is 1.81. The van der Waals surface area contributed by atoms with Gasteiger partial charge in [0.2, 0.25) is 0 Å². The van der Waals surface area contributed by atoms with E-state index in [4.69, 9.17) is 0 Å². The molecule has 25 heavy (non-hydrogen) atoms. The highest BCUT2D eigenvalue weighted by Gasteiger charge is 2.12. The molecular formula is C20H13BrN4. The fraction of sp³-hybridized carbons (Fsp3) is 0. The first kappa shape index (κ1) is 15.6. The first-order valence-electron chi connectivity index (χ1n) is 7.78. The molecule has 0 aliphatic rings. The molecular weight excluding hydrogens is 376 g/mol. The van der Waals surface area contributed by atoms with E-state index >= 15 is 0 Å². The van der Waals surface area contributed by atoms with Crippen LogP contribution in [0.2, 0.25) is 0 Å². The van der Waals surface area contributed by atoms with Gasteiger partial charge in [-0.2, -0.15) is 0 Å². The first-order chi connectivity index (χ1) is 12.3. The van der Waals surface area contributed by atoms with Crippen LogP contribution in [0.3, 0.4) is 0 Å². The molecule has 0 atom stereocenters. The van der Waals surface area contributed by atoms with Crippen LogP contribution in [0.15, 0.2) is 83.5 Å². The van der Waals surface area contributed by atoms with Crippen molar-refractivity contribution in [1.29, 1.82) is 0 Å². The Morgan fingerprint density at radius 3 is 1.64 bits per heavy atom. The summed E-state index contributed by atoms with van der Waals surface area (Å²) in [6.07, 6.45) is 1.73. The van der Waals surface area contributed by atoms with Crippen LogP contribution >= 0.6 is 15.9 Å². The molecule has 2 aromatic carbocycles. The topological polar surface area (TPSA) is 51.6 Å². The van der Waals surface area contributed by atoms with Crippen molar-refractivity contribution in [2.45, 2.75) is 0 Å². The number of aromatic nitrogens is 4. The van der Waals surface area contributed by atoms with E-state index in [9.17, 15) is 0 Å². The Bertz CT molecular complexity index is 947. The zero-order valence-electron chi connectivity index (χ0n) is 13.2. The van der Waals surface area contributed by atoms with Gasteiger partial charge in [-0.05, 0) is 12.1 Å². The number of rotatable bonds is 3. The quantitative estimate of drug-likeness (QED) is 0.493. The molecule has 4 nitrogen and oxygen atoms in total. The molecule has 0 radical (unpaired) electrons. The van der Waals surface area contributed by atoms with E-state index in [1.165, 1.54) is 0 Å². The van der Waals surface area contributed by atoms with Gasteiger partial charge in [0, 0.05) is 21.8 Å². The monoisotopic (exact) mass is 388 g/mol. The highest BCUT2D eigenvalue weighted by atomic mass is 79.9. The van der Waals surface area contributed by atoms with Crippen LogP contribution in [0.5, 0.6) is 0 Å². The van der Waals surface area contributed by atoms with E-state index in [1.54, 1.807) is 6.20 Å². The zero-order chi connectivity index (χ0) is 17.1. The Morgan fingerprint density at radius 2 is 1.12 bits per heavy atom. The van der Waals surface area contributed by atoms with E-state index in [0.717, 1.165) is 15.6 Å². The van der Waals surface area contributed by atoms with Crippen LogP contribution in [0, 0.1) is 0 Å². The summed E-state index contributed by atoms with van der Waals surface area (Å²) in [4.78, 5) is 18.3. The second kappa shape index (κ2) is 6.91. The Hall–Kier alpha value is -2.92. The summed E-state index contributed by atoms with van der Waals surface area (Å²) in [5, 5.41) is 0. The molecule has 2 heterocycles. The fourth-order valence-electron chi connectivity index (χ4n) is 2.45. The zero-order valence-corrected chi connectivity index (χ0v) is 14.8. The average molecular weight is 389 g/mol. The standard InChI is InChI=1S/C20H13BrN4/c21-16-11-12-22-17(13-16)20-24-18(14-7-3-1-4-8-14)23-19(25-20)15-9-5-2-6-10-15/h1-13H.